The van der Waals surface area contributed by atoms with E-state index >= 15 is 0 Å². The van der Waals surface area contributed by atoms with Gasteiger partial charge in [-0.3, -0.25) is 4.79 Å². The van der Waals surface area contributed by atoms with E-state index in [9.17, 15) is 4.79 Å². The molecule has 0 bridgehead atoms. The highest BCUT2D eigenvalue weighted by atomic mass is 16.1. The minimum Gasteiger partial charge on any atom is -0.321 e. The molecule has 2 nitrogen and oxygen atoms in total. The van der Waals surface area contributed by atoms with Crippen LogP contribution in [0.2, 0.25) is 0 Å². The molecule has 1 aliphatic rings. The van der Waals surface area contributed by atoms with E-state index in [1.807, 2.05) is 31.2 Å². The zero-order valence-corrected chi connectivity index (χ0v) is 8.00. The fourth-order valence-electron chi connectivity index (χ4n) is 1.53. The van der Waals surface area contributed by atoms with Gasteiger partial charge in [0.25, 0.3) is 5.91 Å². The Hall–Kier alpha value is -1.83. The maximum Gasteiger partial charge on any atom is 0.256 e. The van der Waals surface area contributed by atoms with Crippen molar-refractivity contribution in [3.8, 4) is 0 Å². The maximum absolute atomic E-state index is 11.5. The highest BCUT2D eigenvalue weighted by Crippen LogP contribution is 2.31. The topological polar surface area (TPSA) is 29.1 Å². The van der Waals surface area contributed by atoms with E-state index in [4.69, 9.17) is 0 Å². The molecule has 0 aliphatic carbocycles. The summed E-state index contributed by atoms with van der Waals surface area (Å²) in [4.78, 5) is 11.5. The molecule has 0 radical (unpaired) electrons. The Bertz CT molecular complexity index is 443. The van der Waals surface area contributed by atoms with Gasteiger partial charge in [0.1, 0.15) is 0 Å². The van der Waals surface area contributed by atoms with Crippen molar-refractivity contribution in [1.82, 2.24) is 0 Å². The molecule has 0 fully saturated rings. The summed E-state index contributed by atoms with van der Waals surface area (Å²) in [6.45, 7) is 5.65. The van der Waals surface area contributed by atoms with Crippen LogP contribution in [0.5, 0.6) is 0 Å². The SMILES string of the molecule is C=C(C)C=C1C(=O)Nc2ccccc21. The largest absolute Gasteiger partial charge is 0.321 e. The molecule has 0 saturated heterocycles. The van der Waals surface area contributed by atoms with Crippen molar-refractivity contribution in [2.45, 2.75) is 6.92 Å². The average molecular weight is 185 g/mol. The van der Waals surface area contributed by atoms with Crippen molar-refractivity contribution in [3.05, 3.63) is 48.1 Å². The summed E-state index contributed by atoms with van der Waals surface area (Å²) in [6.07, 6.45) is 1.81. The number of anilines is 1. The van der Waals surface area contributed by atoms with Gasteiger partial charge >= 0.3 is 0 Å². The lowest BCUT2D eigenvalue weighted by Crippen LogP contribution is -2.03. The monoisotopic (exact) mass is 185 g/mol. The van der Waals surface area contributed by atoms with E-state index in [1.54, 1.807) is 6.08 Å². The van der Waals surface area contributed by atoms with Crippen LogP contribution in [-0.4, -0.2) is 5.91 Å². The normalized spacial score (nSPS) is 16.6. The number of carbonyl (C=O) groups excluding carboxylic acids is 1. The second-order valence-electron chi connectivity index (χ2n) is 3.40. The lowest BCUT2D eigenvalue weighted by Gasteiger charge is -1.96. The van der Waals surface area contributed by atoms with Crippen LogP contribution in [0.4, 0.5) is 5.69 Å². The molecule has 1 aromatic carbocycles. The molecular formula is C12H11NO. The first-order valence-electron chi connectivity index (χ1n) is 4.46. The zero-order valence-electron chi connectivity index (χ0n) is 8.00. The predicted molar refractivity (Wildman–Crippen MR) is 57.9 cm³/mol. The number of carbonyl (C=O) groups is 1. The van der Waals surface area contributed by atoms with Gasteiger partial charge in [0, 0.05) is 16.8 Å². The molecule has 2 rings (SSSR count). The lowest BCUT2D eigenvalue weighted by molar-refractivity contribution is -0.110. The summed E-state index contributed by atoms with van der Waals surface area (Å²) in [5.74, 6) is -0.0470. The zero-order chi connectivity index (χ0) is 10.1. The summed E-state index contributed by atoms with van der Waals surface area (Å²) in [5, 5.41) is 2.80. The lowest BCUT2D eigenvalue weighted by atomic mass is 10.1. The van der Waals surface area contributed by atoms with E-state index in [1.165, 1.54) is 0 Å². The molecule has 0 saturated carbocycles. The molecule has 1 aliphatic heterocycles. The number of hydrogen-bond acceptors (Lipinski definition) is 1. The third kappa shape index (κ3) is 1.35. The highest BCUT2D eigenvalue weighted by Gasteiger charge is 2.22. The van der Waals surface area contributed by atoms with Gasteiger partial charge in [-0.2, -0.15) is 0 Å². The summed E-state index contributed by atoms with van der Waals surface area (Å²) >= 11 is 0. The highest BCUT2D eigenvalue weighted by molar-refractivity contribution is 6.31. The predicted octanol–water partition coefficient (Wildman–Crippen LogP) is 2.60. The number of hydrogen-bond donors (Lipinski definition) is 1. The van der Waals surface area contributed by atoms with E-state index in [-0.39, 0.29) is 5.91 Å². The third-order valence-electron chi connectivity index (χ3n) is 2.10. The fraction of sp³-hybridized carbons (Fsp3) is 0.0833. The molecule has 70 valence electrons. The first-order chi connectivity index (χ1) is 6.68. The second-order valence-corrected chi connectivity index (χ2v) is 3.40. The van der Waals surface area contributed by atoms with Crippen LogP contribution in [0.3, 0.4) is 0 Å². The number of nitrogens with one attached hydrogen (secondary N) is 1. The molecule has 1 heterocycles. The van der Waals surface area contributed by atoms with Crippen LogP contribution in [-0.2, 0) is 4.79 Å². The Kier molecular flexibility index (Phi) is 1.97. The molecule has 0 atom stereocenters. The van der Waals surface area contributed by atoms with Gasteiger partial charge in [-0.25, -0.2) is 0 Å². The van der Waals surface area contributed by atoms with Crippen LogP contribution >= 0.6 is 0 Å². The van der Waals surface area contributed by atoms with Gasteiger partial charge in [-0.15, -0.1) is 0 Å². The number of rotatable bonds is 1. The number of allylic oxidation sites excluding steroid dienone is 2. The second kappa shape index (κ2) is 3.14. The number of amides is 1. The van der Waals surface area contributed by atoms with Crippen molar-refractivity contribution < 1.29 is 4.79 Å². The van der Waals surface area contributed by atoms with Crippen LogP contribution in [0.15, 0.2) is 42.5 Å². The number of para-hydroxylation sites is 1. The molecule has 1 N–H and O–H groups in total. The van der Waals surface area contributed by atoms with Gasteiger partial charge in [-0.1, -0.05) is 30.4 Å². The van der Waals surface area contributed by atoms with Gasteiger partial charge in [-0.05, 0) is 19.1 Å². The molecule has 14 heavy (non-hydrogen) atoms. The number of fused-ring (bicyclic) bond motifs is 1. The molecule has 1 aromatic rings. The van der Waals surface area contributed by atoms with E-state index < -0.39 is 0 Å². The summed E-state index contributed by atoms with van der Waals surface area (Å²) in [6, 6.07) is 7.66. The van der Waals surface area contributed by atoms with Crippen molar-refractivity contribution in [1.29, 1.82) is 0 Å². The Morgan fingerprint density at radius 3 is 2.86 bits per heavy atom. The summed E-state index contributed by atoms with van der Waals surface area (Å²) in [5.41, 5.74) is 3.42. The minimum absolute atomic E-state index is 0.0470. The van der Waals surface area contributed by atoms with E-state index in [0.717, 1.165) is 16.8 Å². The third-order valence-corrected chi connectivity index (χ3v) is 2.10. The Balaban J connectivity index is 2.55. The Morgan fingerprint density at radius 1 is 1.43 bits per heavy atom. The first kappa shape index (κ1) is 8.75. The van der Waals surface area contributed by atoms with Gasteiger partial charge in [0.05, 0.1) is 0 Å². The smallest absolute Gasteiger partial charge is 0.256 e. The Morgan fingerprint density at radius 2 is 2.14 bits per heavy atom. The quantitative estimate of drug-likeness (QED) is 0.669. The minimum atomic E-state index is -0.0470. The average Bonchev–Trinajstić information content (AvgIpc) is 2.43. The standard InChI is InChI=1S/C12H11NO/c1-8(2)7-10-9-5-3-4-6-11(9)13-12(10)14/h3-7H,1H2,2H3,(H,13,14). The maximum atomic E-state index is 11.5. The first-order valence-corrected chi connectivity index (χ1v) is 4.46. The van der Waals surface area contributed by atoms with Gasteiger partial charge in [0.15, 0.2) is 0 Å². The van der Waals surface area contributed by atoms with Gasteiger partial charge in [0.2, 0.25) is 0 Å². The molecule has 0 unspecified atom stereocenters. The molecule has 0 spiro atoms. The molecule has 0 aromatic heterocycles. The van der Waals surface area contributed by atoms with Crippen molar-refractivity contribution in [2.75, 3.05) is 5.32 Å². The van der Waals surface area contributed by atoms with Crippen LogP contribution in [0.1, 0.15) is 12.5 Å². The number of benzene rings is 1. The molecular weight excluding hydrogens is 174 g/mol. The van der Waals surface area contributed by atoms with Crippen LogP contribution in [0, 0.1) is 0 Å². The summed E-state index contributed by atoms with van der Waals surface area (Å²) in [7, 11) is 0. The Labute approximate surface area is 82.9 Å². The molecule has 2 heteroatoms. The van der Waals surface area contributed by atoms with Gasteiger partial charge < -0.3 is 5.32 Å². The van der Waals surface area contributed by atoms with E-state index in [0.29, 0.717) is 5.57 Å². The van der Waals surface area contributed by atoms with Crippen molar-refractivity contribution in [3.63, 3.8) is 0 Å². The van der Waals surface area contributed by atoms with E-state index in [2.05, 4.69) is 11.9 Å². The summed E-state index contributed by atoms with van der Waals surface area (Å²) < 4.78 is 0. The van der Waals surface area contributed by atoms with Crippen LogP contribution < -0.4 is 5.32 Å². The molecule has 1 amide bonds. The van der Waals surface area contributed by atoms with Crippen molar-refractivity contribution >= 4 is 17.2 Å². The van der Waals surface area contributed by atoms with Crippen LogP contribution in [0.25, 0.3) is 5.57 Å². The fourth-order valence-corrected chi connectivity index (χ4v) is 1.53. The van der Waals surface area contributed by atoms with Crippen molar-refractivity contribution in [2.24, 2.45) is 0 Å².